The van der Waals surface area contributed by atoms with Crippen LogP contribution in [0.1, 0.15) is 37.7 Å². The number of ether oxygens (including phenoxy) is 2. The third kappa shape index (κ3) is 3.63. The largest absolute Gasteiger partial charge is 0.457 e. The molecule has 4 heteroatoms. The average molecular weight is 337 g/mol. The van der Waals surface area contributed by atoms with E-state index in [0.29, 0.717) is 13.1 Å². The molecule has 0 unspecified atom stereocenters. The summed E-state index contributed by atoms with van der Waals surface area (Å²) < 4.78 is 11.5. The van der Waals surface area contributed by atoms with Gasteiger partial charge in [0.05, 0.1) is 6.54 Å². The van der Waals surface area contributed by atoms with Gasteiger partial charge in [-0.3, -0.25) is 4.90 Å². The number of benzene rings is 2. The van der Waals surface area contributed by atoms with Crippen molar-refractivity contribution >= 4 is 6.09 Å². The van der Waals surface area contributed by atoms with Crippen LogP contribution in [0.4, 0.5) is 4.79 Å². The van der Waals surface area contributed by atoms with Crippen molar-refractivity contribution in [1.29, 1.82) is 0 Å². The smallest absolute Gasteiger partial charge is 0.410 e. The molecule has 0 bridgehead atoms. The van der Waals surface area contributed by atoms with Crippen molar-refractivity contribution in [2.24, 2.45) is 0 Å². The summed E-state index contributed by atoms with van der Waals surface area (Å²) in [6.45, 7) is 1.31. The fourth-order valence-electron chi connectivity index (χ4n) is 3.78. The first kappa shape index (κ1) is 16.0. The highest BCUT2D eigenvalue weighted by Crippen LogP contribution is 2.37. The van der Waals surface area contributed by atoms with Gasteiger partial charge in [0.2, 0.25) is 0 Å². The second kappa shape index (κ2) is 6.79. The zero-order chi connectivity index (χ0) is 17.1. The fourth-order valence-corrected chi connectivity index (χ4v) is 3.78. The lowest BCUT2D eigenvalue weighted by molar-refractivity contribution is 0.0260. The van der Waals surface area contributed by atoms with Gasteiger partial charge in [-0.15, -0.1) is 0 Å². The molecule has 1 saturated heterocycles. The Labute approximate surface area is 148 Å². The summed E-state index contributed by atoms with van der Waals surface area (Å²) in [5.74, 6) is 1.61. The number of amides is 1. The second-order valence-corrected chi connectivity index (χ2v) is 7.03. The van der Waals surface area contributed by atoms with Crippen molar-refractivity contribution in [1.82, 2.24) is 4.90 Å². The van der Waals surface area contributed by atoms with E-state index < -0.39 is 0 Å². The third-order valence-electron chi connectivity index (χ3n) is 5.08. The van der Waals surface area contributed by atoms with Crippen LogP contribution < -0.4 is 4.74 Å². The van der Waals surface area contributed by atoms with Crippen LogP contribution in [0.2, 0.25) is 0 Å². The fraction of sp³-hybridized carbons (Fsp3) is 0.381. The first-order valence-corrected chi connectivity index (χ1v) is 9.02. The molecule has 4 nitrogen and oxygen atoms in total. The summed E-state index contributed by atoms with van der Waals surface area (Å²) in [6, 6.07) is 17.6. The Hall–Kier alpha value is -2.49. The molecule has 0 N–H and O–H groups in total. The molecule has 130 valence electrons. The van der Waals surface area contributed by atoms with E-state index in [0.717, 1.165) is 42.7 Å². The SMILES string of the molecule is O=C1OC2(CCCCC2)CN1Cc1ccc(Oc2ccccc2)cc1. The first-order valence-electron chi connectivity index (χ1n) is 9.02. The highest BCUT2D eigenvalue weighted by molar-refractivity contribution is 5.70. The quantitative estimate of drug-likeness (QED) is 0.776. The molecular formula is C21H23NO3. The van der Waals surface area contributed by atoms with E-state index in [-0.39, 0.29) is 11.7 Å². The number of nitrogens with zero attached hydrogens (tertiary/aromatic N) is 1. The van der Waals surface area contributed by atoms with E-state index in [1.54, 1.807) is 0 Å². The summed E-state index contributed by atoms with van der Waals surface area (Å²) in [6.07, 6.45) is 5.39. The molecule has 4 rings (SSSR count). The molecule has 0 radical (unpaired) electrons. The third-order valence-corrected chi connectivity index (χ3v) is 5.08. The van der Waals surface area contributed by atoms with Crippen LogP contribution in [0.15, 0.2) is 54.6 Å². The van der Waals surface area contributed by atoms with E-state index in [9.17, 15) is 4.79 Å². The molecule has 1 aliphatic carbocycles. The van der Waals surface area contributed by atoms with Gasteiger partial charge < -0.3 is 9.47 Å². The average Bonchev–Trinajstić information content (AvgIpc) is 2.93. The number of para-hydroxylation sites is 1. The maximum atomic E-state index is 12.2. The van der Waals surface area contributed by atoms with Gasteiger partial charge in [-0.1, -0.05) is 36.8 Å². The lowest BCUT2D eigenvalue weighted by atomic mass is 9.85. The summed E-state index contributed by atoms with van der Waals surface area (Å²) in [7, 11) is 0. The van der Waals surface area contributed by atoms with Crippen molar-refractivity contribution < 1.29 is 14.3 Å². The second-order valence-electron chi connectivity index (χ2n) is 7.03. The normalized spacial score (nSPS) is 19.0. The summed E-state index contributed by atoms with van der Waals surface area (Å²) >= 11 is 0. The Morgan fingerprint density at radius 1 is 0.920 bits per heavy atom. The number of carbonyl (C=O) groups is 1. The van der Waals surface area contributed by atoms with Crippen molar-refractivity contribution in [3.63, 3.8) is 0 Å². The zero-order valence-electron chi connectivity index (χ0n) is 14.3. The van der Waals surface area contributed by atoms with Crippen LogP contribution in [0.5, 0.6) is 11.5 Å². The van der Waals surface area contributed by atoms with Gasteiger partial charge in [-0.25, -0.2) is 4.79 Å². The molecule has 1 spiro atoms. The molecule has 2 aromatic carbocycles. The van der Waals surface area contributed by atoms with Crippen LogP contribution in [0.3, 0.4) is 0 Å². The first-order chi connectivity index (χ1) is 12.2. The van der Waals surface area contributed by atoms with Crippen LogP contribution in [0, 0.1) is 0 Å². The summed E-state index contributed by atoms with van der Waals surface area (Å²) in [5, 5.41) is 0. The van der Waals surface area contributed by atoms with Gasteiger partial charge in [-0.05, 0) is 55.5 Å². The molecule has 1 amide bonds. The summed E-state index contributed by atoms with van der Waals surface area (Å²) in [5.41, 5.74) is 0.858. The summed E-state index contributed by atoms with van der Waals surface area (Å²) in [4.78, 5) is 14.1. The van der Waals surface area contributed by atoms with E-state index >= 15 is 0 Å². The zero-order valence-corrected chi connectivity index (χ0v) is 14.3. The molecule has 25 heavy (non-hydrogen) atoms. The van der Waals surface area contributed by atoms with E-state index in [2.05, 4.69) is 0 Å². The minimum absolute atomic E-state index is 0.175. The van der Waals surface area contributed by atoms with Gasteiger partial charge in [-0.2, -0.15) is 0 Å². The van der Waals surface area contributed by atoms with Crippen molar-refractivity contribution in [3.8, 4) is 11.5 Å². The maximum absolute atomic E-state index is 12.2. The van der Waals surface area contributed by atoms with Gasteiger partial charge in [0.25, 0.3) is 0 Å². The standard InChI is InChI=1S/C21H23NO3/c23-20-22(16-21(25-20)13-5-2-6-14-21)15-17-9-11-19(12-10-17)24-18-7-3-1-4-8-18/h1,3-4,7-12H,2,5-6,13-16H2. The van der Waals surface area contributed by atoms with Crippen LogP contribution in [-0.4, -0.2) is 23.1 Å². The van der Waals surface area contributed by atoms with Gasteiger partial charge in [0.15, 0.2) is 0 Å². The molecule has 0 aromatic heterocycles. The van der Waals surface area contributed by atoms with E-state index in [1.165, 1.54) is 6.42 Å². The van der Waals surface area contributed by atoms with E-state index in [4.69, 9.17) is 9.47 Å². The lowest BCUT2D eigenvalue weighted by Crippen LogP contribution is -2.36. The molecule has 2 aromatic rings. The molecule has 2 aliphatic rings. The van der Waals surface area contributed by atoms with Crippen molar-refractivity contribution in [2.45, 2.75) is 44.2 Å². The molecule has 1 aliphatic heterocycles. The number of hydrogen-bond acceptors (Lipinski definition) is 3. The molecule has 0 atom stereocenters. The van der Waals surface area contributed by atoms with Gasteiger partial charge >= 0.3 is 6.09 Å². The van der Waals surface area contributed by atoms with Gasteiger partial charge in [0.1, 0.15) is 17.1 Å². The molecular weight excluding hydrogens is 314 g/mol. The minimum Gasteiger partial charge on any atom is -0.457 e. The molecule has 2 fully saturated rings. The Balaban J connectivity index is 1.39. The highest BCUT2D eigenvalue weighted by Gasteiger charge is 2.45. The Morgan fingerprint density at radius 2 is 1.60 bits per heavy atom. The number of hydrogen-bond donors (Lipinski definition) is 0. The Bertz CT molecular complexity index is 721. The van der Waals surface area contributed by atoms with Crippen molar-refractivity contribution in [2.75, 3.05) is 6.54 Å². The highest BCUT2D eigenvalue weighted by atomic mass is 16.6. The van der Waals surface area contributed by atoms with Crippen LogP contribution in [0.25, 0.3) is 0 Å². The predicted octanol–water partition coefficient (Wildman–Crippen LogP) is 5.13. The lowest BCUT2D eigenvalue weighted by Gasteiger charge is -2.30. The van der Waals surface area contributed by atoms with Crippen molar-refractivity contribution in [3.05, 3.63) is 60.2 Å². The minimum atomic E-state index is -0.230. The maximum Gasteiger partial charge on any atom is 0.410 e. The van der Waals surface area contributed by atoms with Crippen LogP contribution in [-0.2, 0) is 11.3 Å². The Kier molecular flexibility index (Phi) is 4.35. The van der Waals surface area contributed by atoms with E-state index in [1.807, 2.05) is 59.5 Å². The number of rotatable bonds is 4. The molecule has 1 heterocycles. The predicted molar refractivity (Wildman–Crippen MR) is 95.7 cm³/mol. The van der Waals surface area contributed by atoms with Crippen LogP contribution >= 0.6 is 0 Å². The monoisotopic (exact) mass is 337 g/mol. The number of carbonyl (C=O) groups excluding carboxylic acids is 1. The Morgan fingerprint density at radius 3 is 2.32 bits per heavy atom. The topological polar surface area (TPSA) is 38.8 Å². The molecule has 1 saturated carbocycles. The van der Waals surface area contributed by atoms with Gasteiger partial charge in [0, 0.05) is 6.54 Å².